The number of hydrogen-bond acceptors (Lipinski definition) is 3. The minimum absolute atomic E-state index is 0.0683. The van der Waals surface area contributed by atoms with Crippen molar-refractivity contribution in [3.63, 3.8) is 0 Å². The predicted molar refractivity (Wildman–Crippen MR) is 53.0 cm³/mol. The molecule has 1 aromatic carbocycles. The van der Waals surface area contributed by atoms with Crippen molar-refractivity contribution in [1.82, 2.24) is 0 Å². The smallest absolute Gasteiger partial charge is 0.303 e. The third-order valence-corrected chi connectivity index (χ3v) is 2.06. The lowest BCUT2D eigenvalue weighted by Crippen LogP contribution is -2.02. The zero-order valence-corrected chi connectivity index (χ0v) is 8.05. The largest absolute Gasteiger partial charge is 0.481 e. The Labute approximate surface area is 87.4 Å². The highest BCUT2D eigenvalue weighted by atomic mass is 16.4. The van der Waals surface area contributed by atoms with E-state index in [1.165, 1.54) is 0 Å². The molecule has 0 saturated carbocycles. The van der Waals surface area contributed by atoms with E-state index in [1.807, 2.05) is 6.07 Å². The number of aliphatic hydroxyl groups is 1. The summed E-state index contributed by atoms with van der Waals surface area (Å²) in [5.74, 6) is -0.928. The molecule has 4 heteroatoms. The molecule has 2 N–H and O–H groups in total. The third-order valence-electron chi connectivity index (χ3n) is 2.06. The molecule has 0 saturated heterocycles. The van der Waals surface area contributed by atoms with E-state index in [9.17, 15) is 9.90 Å². The van der Waals surface area contributed by atoms with Crippen molar-refractivity contribution in [3.8, 4) is 6.07 Å². The van der Waals surface area contributed by atoms with Gasteiger partial charge < -0.3 is 10.2 Å². The van der Waals surface area contributed by atoms with Crippen LogP contribution in [0.3, 0.4) is 0 Å². The lowest BCUT2D eigenvalue weighted by atomic mass is 10.0. The standard InChI is InChI=1S/C11H11NO3/c12-7-8-1-3-9(4-2-8)10(13)5-6-11(14)15/h1-4,10,13H,5-6H2,(H,14,15). The van der Waals surface area contributed by atoms with Gasteiger partial charge in [0.25, 0.3) is 0 Å². The molecule has 0 aliphatic carbocycles. The summed E-state index contributed by atoms with van der Waals surface area (Å²) in [4.78, 5) is 10.3. The Balaban J connectivity index is 2.62. The molecule has 1 unspecified atom stereocenters. The van der Waals surface area contributed by atoms with Gasteiger partial charge in [-0.25, -0.2) is 0 Å². The average molecular weight is 205 g/mol. The van der Waals surface area contributed by atoms with Gasteiger partial charge in [0.2, 0.25) is 0 Å². The van der Waals surface area contributed by atoms with Crippen LogP contribution in [0.1, 0.15) is 30.1 Å². The molecule has 1 rings (SSSR count). The number of hydrogen-bond donors (Lipinski definition) is 2. The number of nitrogens with zero attached hydrogens (tertiary/aromatic N) is 1. The molecule has 78 valence electrons. The van der Waals surface area contributed by atoms with Gasteiger partial charge in [-0.3, -0.25) is 4.79 Å². The number of nitriles is 1. The van der Waals surface area contributed by atoms with E-state index in [1.54, 1.807) is 24.3 Å². The van der Waals surface area contributed by atoms with Crippen LogP contribution in [0.5, 0.6) is 0 Å². The minimum atomic E-state index is -0.928. The zero-order chi connectivity index (χ0) is 11.3. The fraction of sp³-hybridized carbons (Fsp3) is 0.273. The van der Waals surface area contributed by atoms with Gasteiger partial charge in [-0.2, -0.15) is 5.26 Å². The van der Waals surface area contributed by atoms with Crippen molar-refractivity contribution >= 4 is 5.97 Å². The van der Waals surface area contributed by atoms with Crippen molar-refractivity contribution in [3.05, 3.63) is 35.4 Å². The lowest BCUT2D eigenvalue weighted by Gasteiger charge is -2.08. The number of carbonyl (C=O) groups is 1. The summed E-state index contributed by atoms with van der Waals surface area (Å²) >= 11 is 0. The maximum Gasteiger partial charge on any atom is 0.303 e. The molecule has 0 aromatic heterocycles. The highest BCUT2D eigenvalue weighted by molar-refractivity contribution is 5.66. The van der Waals surface area contributed by atoms with Gasteiger partial charge in [0.15, 0.2) is 0 Å². The zero-order valence-electron chi connectivity index (χ0n) is 8.05. The fourth-order valence-corrected chi connectivity index (χ4v) is 1.21. The second-order valence-corrected chi connectivity index (χ2v) is 3.18. The van der Waals surface area contributed by atoms with Crippen molar-refractivity contribution in [1.29, 1.82) is 5.26 Å². The number of benzene rings is 1. The minimum Gasteiger partial charge on any atom is -0.481 e. The molecule has 0 radical (unpaired) electrons. The molecule has 0 heterocycles. The second-order valence-electron chi connectivity index (χ2n) is 3.18. The second kappa shape index (κ2) is 5.13. The lowest BCUT2D eigenvalue weighted by molar-refractivity contribution is -0.137. The average Bonchev–Trinajstić information content (AvgIpc) is 2.26. The first-order valence-electron chi connectivity index (χ1n) is 4.53. The first kappa shape index (κ1) is 11.2. The van der Waals surface area contributed by atoms with Gasteiger partial charge >= 0.3 is 5.97 Å². The summed E-state index contributed by atoms with van der Waals surface area (Å²) in [5, 5.41) is 26.6. The van der Waals surface area contributed by atoms with E-state index in [-0.39, 0.29) is 12.8 Å². The summed E-state index contributed by atoms with van der Waals surface area (Å²) < 4.78 is 0. The Morgan fingerprint density at radius 2 is 2.00 bits per heavy atom. The van der Waals surface area contributed by atoms with Gasteiger partial charge in [0.1, 0.15) is 0 Å². The van der Waals surface area contributed by atoms with Crippen molar-refractivity contribution in [2.24, 2.45) is 0 Å². The van der Waals surface area contributed by atoms with Gasteiger partial charge in [0, 0.05) is 6.42 Å². The third kappa shape index (κ3) is 3.41. The Morgan fingerprint density at radius 3 is 2.47 bits per heavy atom. The molecule has 0 aliphatic rings. The van der Waals surface area contributed by atoms with Crippen LogP contribution in [0.25, 0.3) is 0 Å². The van der Waals surface area contributed by atoms with Crippen LogP contribution < -0.4 is 0 Å². The molecule has 0 aliphatic heterocycles. The highest BCUT2D eigenvalue weighted by Crippen LogP contribution is 2.18. The number of rotatable bonds is 4. The molecule has 0 fully saturated rings. The van der Waals surface area contributed by atoms with Crippen molar-refractivity contribution < 1.29 is 15.0 Å². The van der Waals surface area contributed by atoms with Crippen LogP contribution in [0, 0.1) is 11.3 Å². The summed E-state index contributed by atoms with van der Waals surface area (Å²) in [7, 11) is 0. The molecule has 0 spiro atoms. The maximum atomic E-state index is 10.3. The van der Waals surface area contributed by atoms with Gasteiger partial charge in [0.05, 0.1) is 17.7 Å². The quantitative estimate of drug-likeness (QED) is 0.779. The van der Waals surface area contributed by atoms with Crippen LogP contribution in [0.2, 0.25) is 0 Å². The fourth-order valence-electron chi connectivity index (χ4n) is 1.21. The number of carboxylic acids is 1. The molecular weight excluding hydrogens is 194 g/mol. The van der Waals surface area contributed by atoms with E-state index in [0.29, 0.717) is 11.1 Å². The normalized spacial score (nSPS) is 11.7. The van der Waals surface area contributed by atoms with Crippen LogP contribution in [0.15, 0.2) is 24.3 Å². The SMILES string of the molecule is N#Cc1ccc(C(O)CCC(=O)O)cc1. The molecule has 4 nitrogen and oxygen atoms in total. The Hall–Kier alpha value is -1.86. The van der Waals surface area contributed by atoms with E-state index in [0.717, 1.165) is 0 Å². The highest BCUT2D eigenvalue weighted by Gasteiger charge is 2.09. The van der Waals surface area contributed by atoms with Gasteiger partial charge in [-0.05, 0) is 24.1 Å². The van der Waals surface area contributed by atoms with Crippen LogP contribution >= 0.6 is 0 Å². The monoisotopic (exact) mass is 205 g/mol. The maximum absolute atomic E-state index is 10.3. The molecule has 1 atom stereocenters. The molecular formula is C11H11NO3. The van der Waals surface area contributed by atoms with E-state index >= 15 is 0 Å². The number of carboxylic acid groups (broad SMARTS) is 1. The summed E-state index contributed by atoms with van der Waals surface area (Å²) in [5.41, 5.74) is 1.15. The Morgan fingerprint density at radius 1 is 1.40 bits per heavy atom. The van der Waals surface area contributed by atoms with Crippen LogP contribution in [0.4, 0.5) is 0 Å². The van der Waals surface area contributed by atoms with E-state index < -0.39 is 12.1 Å². The van der Waals surface area contributed by atoms with Gasteiger partial charge in [-0.1, -0.05) is 12.1 Å². The Bertz CT molecular complexity index is 378. The summed E-state index contributed by atoms with van der Waals surface area (Å²) in [6, 6.07) is 8.42. The first-order chi connectivity index (χ1) is 7.13. The number of aliphatic carboxylic acids is 1. The van der Waals surface area contributed by atoms with E-state index in [2.05, 4.69) is 0 Å². The molecule has 0 amide bonds. The van der Waals surface area contributed by atoms with E-state index in [4.69, 9.17) is 10.4 Å². The van der Waals surface area contributed by atoms with Crippen LogP contribution in [-0.4, -0.2) is 16.2 Å². The first-order valence-corrected chi connectivity index (χ1v) is 4.53. The van der Waals surface area contributed by atoms with Crippen molar-refractivity contribution in [2.75, 3.05) is 0 Å². The van der Waals surface area contributed by atoms with Crippen molar-refractivity contribution in [2.45, 2.75) is 18.9 Å². The molecule has 15 heavy (non-hydrogen) atoms. The van der Waals surface area contributed by atoms with Gasteiger partial charge in [-0.15, -0.1) is 0 Å². The molecule has 1 aromatic rings. The topological polar surface area (TPSA) is 81.3 Å². The molecule has 0 bridgehead atoms. The summed E-state index contributed by atoms with van der Waals surface area (Å²) in [6.07, 6.45) is -0.670. The Kier molecular flexibility index (Phi) is 3.83. The van der Waals surface area contributed by atoms with Crippen LogP contribution in [-0.2, 0) is 4.79 Å². The summed E-state index contributed by atoms with van der Waals surface area (Å²) in [6.45, 7) is 0. The number of aliphatic hydroxyl groups excluding tert-OH is 1. The predicted octanol–water partition coefficient (Wildman–Crippen LogP) is 1.46.